The molecular weight excluding hydrogens is 222 g/mol. The molecule has 0 radical (unpaired) electrons. The zero-order valence-electron chi connectivity index (χ0n) is 10.3. The molecule has 0 saturated carbocycles. The second-order valence-corrected chi connectivity index (χ2v) is 4.29. The molecule has 3 aromatic rings. The highest BCUT2D eigenvalue weighted by molar-refractivity contribution is 5.46. The minimum absolute atomic E-state index is 0.779. The highest BCUT2D eigenvalue weighted by Gasteiger charge is 2.07. The molecule has 3 heteroatoms. The first kappa shape index (κ1) is 10.8. The second kappa shape index (κ2) is 4.53. The molecule has 0 atom stereocenters. The van der Waals surface area contributed by atoms with Crippen molar-refractivity contribution in [3.05, 3.63) is 66.1 Å². The summed E-state index contributed by atoms with van der Waals surface area (Å²) >= 11 is 0. The minimum Gasteiger partial charge on any atom is -0.379 e. The Morgan fingerprint density at radius 3 is 2.67 bits per heavy atom. The van der Waals surface area contributed by atoms with Crippen molar-refractivity contribution in [2.45, 2.75) is 13.5 Å². The predicted molar refractivity (Wildman–Crippen MR) is 73.7 cm³/mol. The van der Waals surface area contributed by atoms with E-state index in [1.165, 1.54) is 5.69 Å². The molecule has 0 aliphatic heterocycles. The van der Waals surface area contributed by atoms with Gasteiger partial charge in [0.25, 0.3) is 0 Å². The number of aryl methyl sites for hydroxylation is 1. The molecule has 0 amide bonds. The Hall–Kier alpha value is -2.29. The number of fused-ring (bicyclic) bond motifs is 1. The van der Waals surface area contributed by atoms with Crippen LogP contribution in [0.5, 0.6) is 0 Å². The first-order valence-corrected chi connectivity index (χ1v) is 6.06. The lowest BCUT2D eigenvalue weighted by Crippen LogP contribution is -2.03. The third kappa shape index (κ3) is 1.95. The van der Waals surface area contributed by atoms with Crippen LogP contribution >= 0.6 is 0 Å². The van der Waals surface area contributed by atoms with Crippen molar-refractivity contribution in [2.24, 2.45) is 0 Å². The number of para-hydroxylation sites is 1. The van der Waals surface area contributed by atoms with E-state index in [-0.39, 0.29) is 0 Å². The van der Waals surface area contributed by atoms with Crippen molar-refractivity contribution in [3.8, 4) is 0 Å². The molecule has 0 fully saturated rings. The monoisotopic (exact) mass is 237 g/mol. The standard InChI is InChI=1S/C15H15N3/c1-12-14(11-16-13-7-3-2-4-8-13)18-10-6-5-9-15(18)17-12/h2-10,16H,11H2,1H3. The lowest BCUT2D eigenvalue weighted by molar-refractivity contribution is 0.987. The Kier molecular flexibility index (Phi) is 2.73. The number of hydrogen-bond acceptors (Lipinski definition) is 2. The van der Waals surface area contributed by atoms with Crippen LogP contribution in [0.4, 0.5) is 5.69 Å². The van der Waals surface area contributed by atoms with Crippen LogP contribution in [0, 0.1) is 6.92 Å². The number of nitrogens with zero attached hydrogens (tertiary/aromatic N) is 2. The van der Waals surface area contributed by atoms with Crippen LogP contribution < -0.4 is 5.32 Å². The Bertz CT molecular complexity index is 656. The van der Waals surface area contributed by atoms with Gasteiger partial charge >= 0.3 is 0 Å². The lowest BCUT2D eigenvalue weighted by atomic mass is 10.3. The summed E-state index contributed by atoms with van der Waals surface area (Å²) in [6.07, 6.45) is 2.05. The van der Waals surface area contributed by atoms with Crippen LogP contribution in [0.15, 0.2) is 54.7 Å². The Labute approximate surface area is 106 Å². The summed E-state index contributed by atoms with van der Waals surface area (Å²) in [5.74, 6) is 0. The molecule has 1 aromatic carbocycles. The molecule has 90 valence electrons. The number of benzene rings is 1. The van der Waals surface area contributed by atoms with Crippen LogP contribution in [0.3, 0.4) is 0 Å². The fourth-order valence-electron chi connectivity index (χ4n) is 2.12. The highest BCUT2D eigenvalue weighted by Crippen LogP contribution is 2.14. The van der Waals surface area contributed by atoms with Crippen molar-refractivity contribution in [3.63, 3.8) is 0 Å². The molecule has 0 bridgehead atoms. The fourth-order valence-corrected chi connectivity index (χ4v) is 2.12. The van der Waals surface area contributed by atoms with Crippen LogP contribution in [-0.4, -0.2) is 9.38 Å². The van der Waals surface area contributed by atoms with Gasteiger partial charge in [-0.3, -0.25) is 0 Å². The van der Waals surface area contributed by atoms with Gasteiger partial charge < -0.3 is 9.72 Å². The van der Waals surface area contributed by atoms with E-state index in [0.717, 1.165) is 23.6 Å². The predicted octanol–water partition coefficient (Wildman–Crippen LogP) is 3.25. The van der Waals surface area contributed by atoms with Crippen molar-refractivity contribution < 1.29 is 0 Å². The summed E-state index contributed by atoms with van der Waals surface area (Å²) in [5, 5.41) is 3.42. The molecular formula is C15H15N3. The van der Waals surface area contributed by atoms with Crippen molar-refractivity contribution in [1.82, 2.24) is 9.38 Å². The molecule has 2 aromatic heterocycles. The molecule has 0 aliphatic carbocycles. The summed E-state index contributed by atoms with van der Waals surface area (Å²) in [6.45, 7) is 2.83. The van der Waals surface area contributed by atoms with Gasteiger partial charge in [-0.05, 0) is 31.2 Å². The average Bonchev–Trinajstić information content (AvgIpc) is 2.73. The second-order valence-electron chi connectivity index (χ2n) is 4.29. The van der Waals surface area contributed by atoms with Crippen molar-refractivity contribution in [2.75, 3.05) is 5.32 Å². The van der Waals surface area contributed by atoms with Gasteiger partial charge in [0.15, 0.2) is 0 Å². The molecule has 0 aliphatic rings. The van der Waals surface area contributed by atoms with Crippen LogP contribution in [0.1, 0.15) is 11.4 Å². The quantitative estimate of drug-likeness (QED) is 0.757. The summed E-state index contributed by atoms with van der Waals surface area (Å²) in [5.41, 5.74) is 4.40. The van der Waals surface area contributed by atoms with Crippen molar-refractivity contribution in [1.29, 1.82) is 0 Å². The fraction of sp³-hybridized carbons (Fsp3) is 0.133. The SMILES string of the molecule is Cc1nc2ccccn2c1CNc1ccccc1. The topological polar surface area (TPSA) is 29.3 Å². The van der Waals surface area contributed by atoms with Crippen LogP contribution in [0.2, 0.25) is 0 Å². The first-order chi connectivity index (χ1) is 8.84. The Morgan fingerprint density at radius 2 is 1.83 bits per heavy atom. The van der Waals surface area contributed by atoms with E-state index in [0.29, 0.717) is 0 Å². The van der Waals surface area contributed by atoms with E-state index in [1.54, 1.807) is 0 Å². The highest BCUT2D eigenvalue weighted by atomic mass is 15.0. The van der Waals surface area contributed by atoms with E-state index in [2.05, 4.69) is 40.0 Å². The molecule has 0 unspecified atom stereocenters. The molecule has 18 heavy (non-hydrogen) atoms. The minimum atomic E-state index is 0.779. The van der Waals surface area contributed by atoms with Gasteiger partial charge in [0.1, 0.15) is 5.65 Å². The van der Waals surface area contributed by atoms with Crippen LogP contribution in [-0.2, 0) is 6.54 Å². The lowest BCUT2D eigenvalue weighted by Gasteiger charge is -2.07. The summed E-state index contributed by atoms with van der Waals surface area (Å²) < 4.78 is 2.13. The number of rotatable bonds is 3. The molecule has 3 nitrogen and oxygen atoms in total. The third-order valence-electron chi connectivity index (χ3n) is 3.06. The van der Waals surface area contributed by atoms with Gasteiger partial charge in [0.05, 0.1) is 17.9 Å². The number of aromatic nitrogens is 2. The maximum atomic E-state index is 4.55. The largest absolute Gasteiger partial charge is 0.379 e. The van der Waals surface area contributed by atoms with Gasteiger partial charge in [0, 0.05) is 11.9 Å². The molecule has 2 heterocycles. The summed E-state index contributed by atoms with van der Waals surface area (Å²) in [4.78, 5) is 4.55. The third-order valence-corrected chi connectivity index (χ3v) is 3.06. The summed E-state index contributed by atoms with van der Waals surface area (Å²) in [6, 6.07) is 16.3. The van der Waals surface area contributed by atoms with Crippen molar-refractivity contribution >= 4 is 11.3 Å². The molecule has 0 saturated heterocycles. The van der Waals surface area contributed by atoms with E-state index >= 15 is 0 Å². The Balaban J connectivity index is 1.89. The number of anilines is 1. The summed E-state index contributed by atoms with van der Waals surface area (Å²) in [7, 11) is 0. The first-order valence-electron chi connectivity index (χ1n) is 6.06. The zero-order valence-corrected chi connectivity index (χ0v) is 10.3. The number of hydrogen-bond donors (Lipinski definition) is 1. The van der Waals surface area contributed by atoms with E-state index in [9.17, 15) is 0 Å². The van der Waals surface area contributed by atoms with Gasteiger partial charge in [0.2, 0.25) is 0 Å². The van der Waals surface area contributed by atoms with Gasteiger partial charge in [-0.2, -0.15) is 0 Å². The number of nitrogens with one attached hydrogen (secondary N) is 1. The van der Waals surface area contributed by atoms with Crippen LogP contribution in [0.25, 0.3) is 5.65 Å². The Morgan fingerprint density at radius 1 is 1.06 bits per heavy atom. The van der Waals surface area contributed by atoms with Gasteiger partial charge in [-0.15, -0.1) is 0 Å². The maximum Gasteiger partial charge on any atom is 0.137 e. The van der Waals surface area contributed by atoms with E-state index in [4.69, 9.17) is 0 Å². The smallest absolute Gasteiger partial charge is 0.137 e. The zero-order chi connectivity index (χ0) is 12.4. The molecule has 3 rings (SSSR count). The van der Waals surface area contributed by atoms with E-state index < -0.39 is 0 Å². The average molecular weight is 237 g/mol. The van der Waals surface area contributed by atoms with Gasteiger partial charge in [-0.1, -0.05) is 24.3 Å². The van der Waals surface area contributed by atoms with Gasteiger partial charge in [-0.25, -0.2) is 4.98 Å². The number of imidazole rings is 1. The molecule has 0 spiro atoms. The molecule has 1 N–H and O–H groups in total. The normalized spacial score (nSPS) is 10.7. The van der Waals surface area contributed by atoms with E-state index in [1.807, 2.05) is 36.4 Å². The number of pyridine rings is 1. The maximum absolute atomic E-state index is 4.55.